The van der Waals surface area contributed by atoms with Crippen LogP contribution in [0.3, 0.4) is 0 Å². The topological polar surface area (TPSA) is 21.3 Å². The molecule has 1 rings (SSSR count). The molecule has 0 saturated heterocycles. The van der Waals surface area contributed by atoms with Crippen molar-refractivity contribution < 1.29 is 4.74 Å². The molecular formula is C13H16BrNO. The van der Waals surface area contributed by atoms with Crippen LogP contribution in [-0.2, 0) is 6.54 Å². The Morgan fingerprint density at radius 1 is 1.44 bits per heavy atom. The van der Waals surface area contributed by atoms with E-state index in [1.54, 1.807) is 0 Å². The standard InChI is InChI=1S/C13H16BrNO/c1-3-5-8-16-12-6-7-13(14)11(9-12)10-15-4-2/h6-7,9,15H,4,8,10H2,1-2H3. The van der Waals surface area contributed by atoms with Crippen LogP contribution in [0.5, 0.6) is 5.75 Å². The first-order valence-electron chi connectivity index (χ1n) is 5.29. The minimum absolute atomic E-state index is 0.443. The summed E-state index contributed by atoms with van der Waals surface area (Å²) in [4.78, 5) is 0. The van der Waals surface area contributed by atoms with E-state index in [1.807, 2.05) is 25.1 Å². The Morgan fingerprint density at radius 3 is 2.94 bits per heavy atom. The highest BCUT2D eigenvalue weighted by molar-refractivity contribution is 9.10. The van der Waals surface area contributed by atoms with E-state index in [9.17, 15) is 0 Å². The van der Waals surface area contributed by atoms with E-state index in [4.69, 9.17) is 4.74 Å². The van der Waals surface area contributed by atoms with Gasteiger partial charge in [0.15, 0.2) is 0 Å². The number of benzene rings is 1. The Hall–Kier alpha value is -0.980. The second-order valence-electron chi connectivity index (χ2n) is 3.25. The van der Waals surface area contributed by atoms with Crippen molar-refractivity contribution in [1.29, 1.82) is 0 Å². The molecule has 16 heavy (non-hydrogen) atoms. The van der Waals surface area contributed by atoms with Gasteiger partial charge in [-0.1, -0.05) is 28.8 Å². The SMILES string of the molecule is CC#CCOc1ccc(Br)c(CNCC)c1. The number of rotatable bonds is 5. The Bertz CT molecular complexity index is 393. The van der Waals surface area contributed by atoms with Crippen molar-refractivity contribution in [2.75, 3.05) is 13.2 Å². The van der Waals surface area contributed by atoms with Crippen LogP contribution in [-0.4, -0.2) is 13.2 Å². The van der Waals surface area contributed by atoms with Gasteiger partial charge in [0, 0.05) is 11.0 Å². The fourth-order valence-corrected chi connectivity index (χ4v) is 1.61. The van der Waals surface area contributed by atoms with Crippen LogP contribution >= 0.6 is 15.9 Å². The molecule has 86 valence electrons. The summed E-state index contributed by atoms with van der Waals surface area (Å²) >= 11 is 3.52. The predicted octanol–water partition coefficient (Wildman–Crippen LogP) is 2.96. The van der Waals surface area contributed by atoms with E-state index in [-0.39, 0.29) is 0 Å². The minimum Gasteiger partial charge on any atom is -0.481 e. The second-order valence-corrected chi connectivity index (χ2v) is 4.10. The lowest BCUT2D eigenvalue weighted by Gasteiger charge is -2.08. The Labute approximate surface area is 106 Å². The molecule has 0 amide bonds. The summed E-state index contributed by atoms with van der Waals surface area (Å²) in [6.07, 6.45) is 0. The Balaban J connectivity index is 2.67. The molecule has 0 spiro atoms. The summed E-state index contributed by atoms with van der Waals surface area (Å²) < 4.78 is 6.60. The molecule has 0 radical (unpaired) electrons. The van der Waals surface area contributed by atoms with E-state index >= 15 is 0 Å². The number of halogens is 1. The van der Waals surface area contributed by atoms with Gasteiger partial charge >= 0.3 is 0 Å². The third kappa shape index (κ3) is 4.26. The predicted molar refractivity (Wildman–Crippen MR) is 70.5 cm³/mol. The van der Waals surface area contributed by atoms with E-state index in [1.165, 1.54) is 5.56 Å². The summed E-state index contributed by atoms with van der Waals surface area (Å²) in [5.74, 6) is 6.54. The summed E-state index contributed by atoms with van der Waals surface area (Å²) in [7, 11) is 0. The first kappa shape index (κ1) is 13.1. The lowest BCUT2D eigenvalue weighted by atomic mass is 10.2. The molecule has 2 nitrogen and oxygen atoms in total. The molecule has 0 fully saturated rings. The summed E-state index contributed by atoms with van der Waals surface area (Å²) in [6, 6.07) is 5.97. The van der Waals surface area contributed by atoms with Crippen LogP contribution in [0.15, 0.2) is 22.7 Å². The van der Waals surface area contributed by atoms with Crippen LogP contribution in [0.1, 0.15) is 19.4 Å². The van der Waals surface area contributed by atoms with Crippen molar-refractivity contribution in [2.24, 2.45) is 0 Å². The third-order valence-electron chi connectivity index (χ3n) is 2.07. The van der Waals surface area contributed by atoms with Gasteiger partial charge in [0.05, 0.1) is 0 Å². The van der Waals surface area contributed by atoms with Crippen molar-refractivity contribution in [3.05, 3.63) is 28.2 Å². The van der Waals surface area contributed by atoms with E-state index in [2.05, 4.69) is 40.0 Å². The lowest BCUT2D eigenvalue weighted by molar-refractivity contribution is 0.369. The fourth-order valence-electron chi connectivity index (χ4n) is 1.23. The Morgan fingerprint density at radius 2 is 2.25 bits per heavy atom. The average Bonchev–Trinajstić information content (AvgIpc) is 2.30. The number of hydrogen-bond acceptors (Lipinski definition) is 2. The van der Waals surface area contributed by atoms with E-state index < -0.39 is 0 Å². The molecule has 1 N–H and O–H groups in total. The molecule has 0 aromatic heterocycles. The molecule has 0 saturated carbocycles. The van der Waals surface area contributed by atoms with E-state index in [0.29, 0.717) is 6.61 Å². The monoisotopic (exact) mass is 281 g/mol. The van der Waals surface area contributed by atoms with Gasteiger partial charge in [-0.05, 0) is 37.2 Å². The zero-order valence-corrected chi connectivity index (χ0v) is 11.2. The van der Waals surface area contributed by atoms with Crippen molar-refractivity contribution >= 4 is 15.9 Å². The van der Waals surface area contributed by atoms with Gasteiger partial charge in [-0.25, -0.2) is 0 Å². The molecule has 0 aliphatic carbocycles. The summed E-state index contributed by atoms with van der Waals surface area (Å²) in [5.41, 5.74) is 1.20. The maximum atomic E-state index is 5.50. The molecule has 3 heteroatoms. The molecule has 1 aromatic rings. The molecule has 0 bridgehead atoms. The first-order chi connectivity index (χ1) is 7.77. The van der Waals surface area contributed by atoms with Crippen LogP contribution in [0, 0.1) is 11.8 Å². The average molecular weight is 282 g/mol. The highest BCUT2D eigenvalue weighted by Gasteiger charge is 2.01. The van der Waals surface area contributed by atoms with Gasteiger partial charge in [0.25, 0.3) is 0 Å². The normalized spacial score (nSPS) is 9.44. The zero-order chi connectivity index (χ0) is 11.8. The molecule has 1 aromatic carbocycles. The van der Waals surface area contributed by atoms with Crippen LogP contribution in [0.2, 0.25) is 0 Å². The van der Waals surface area contributed by atoms with Crippen molar-refractivity contribution in [2.45, 2.75) is 20.4 Å². The van der Waals surface area contributed by atoms with Gasteiger partial charge in [-0.2, -0.15) is 0 Å². The molecule has 0 atom stereocenters. The van der Waals surface area contributed by atoms with Gasteiger partial charge in [0.1, 0.15) is 12.4 Å². The van der Waals surface area contributed by atoms with E-state index in [0.717, 1.165) is 23.3 Å². The van der Waals surface area contributed by atoms with Crippen LogP contribution < -0.4 is 10.1 Å². The molecule has 0 aliphatic rings. The minimum atomic E-state index is 0.443. The third-order valence-corrected chi connectivity index (χ3v) is 2.84. The van der Waals surface area contributed by atoms with Gasteiger partial charge in [0.2, 0.25) is 0 Å². The zero-order valence-electron chi connectivity index (χ0n) is 9.64. The second kappa shape index (κ2) is 7.32. The highest BCUT2D eigenvalue weighted by Crippen LogP contribution is 2.22. The lowest BCUT2D eigenvalue weighted by Crippen LogP contribution is -2.12. The number of hydrogen-bond donors (Lipinski definition) is 1. The fraction of sp³-hybridized carbons (Fsp3) is 0.385. The summed E-state index contributed by atoms with van der Waals surface area (Å²) in [5, 5.41) is 3.29. The van der Waals surface area contributed by atoms with Crippen molar-refractivity contribution in [3.8, 4) is 17.6 Å². The summed E-state index contributed by atoms with van der Waals surface area (Å²) in [6.45, 7) is 6.14. The number of nitrogens with one attached hydrogen (secondary N) is 1. The molecule has 0 unspecified atom stereocenters. The van der Waals surface area contributed by atoms with Gasteiger partial charge < -0.3 is 10.1 Å². The largest absolute Gasteiger partial charge is 0.481 e. The smallest absolute Gasteiger partial charge is 0.149 e. The Kier molecular flexibility index (Phi) is 5.99. The first-order valence-corrected chi connectivity index (χ1v) is 6.08. The highest BCUT2D eigenvalue weighted by atomic mass is 79.9. The van der Waals surface area contributed by atoms with Crippen LogP contribution in [0.25, 0.3) is 0 Å². The van der Waals surface area contributed by atoms with Crippen molar-refractivity contribution in [3.63, 3.8) is 0 Å². The molecule has 0 aliphatic heterocycles. The molecule has 0 heterocycles. The quantitative estimate of drug-likeness (QED) is 0.838. The molecular weight excluding hydrogens is 266 g/mol. The van der Waals surface area contributed by atoms with Crippen LogP contribution in [0.4, 0.5) is 0 Å². The maximum absolute atomic E-state index is 5.50. The maximum Gasteiger partial charge on any atom is 0.149 e. The number of ether oxygens (including phenoxy) is 1. The van der Waals surface area contributed by atoms with Crippen molar-refractivity contribution in [1.82, 2.24) is 5.32 Å². The van der Waals surface area contributed by atoms with Gasteiger partial charge in [-0.15, -0.1) is 5.92 Å². The van der Waals surface area contributed by atoms with Gasteiger partial charge in [-0.3, -0.25) is 0 Å².